The summed E-state index contributed by atoms with van der Waals surface area (Å²) in [5, 5.41) is 0. The van der Waals surface area contributed by atoms with Crippen molar-refractivity contribution < 1.29 is 0 Å². The van der Waals surface area contributed by atoms with Crippen molar-refractivity contribution in [3.63, 3.8) is 0 Å². The van der Waals surface area contributed by atoms with E-state index in [1.54, 1.807) is 0 Å². The van der Waals surface area contributed by atoms with Crippen molar-refractivity contribution in [3.8, 4) is 0 Å². The molecule has 0 amide bonds. The molecule has 22 heavy (non-hydrogen) atoms. The fourth-order valence-corrected chi connectivity index (χ4v) is 5.17. The second-order valence-corrected chi connectivity index (χ2v) is 8.47. The summed E-state index contributed by atoms with van der Waals surface area (Å²) < 4.78 is 0. The summed E-state index contributed by atoms with van der Waals surface area (Å²) in [5.74, 6) is 0.952. The van der Waals surface area contributed by atoms with Gasteiger partial charge in [0.25, 0.3) is 0 Å². The summed E-state index contributed by atoms with van der Waals surface area (Å²) >= 11 is 0. The van der Waals surface area contributed by atoms with E-state index in [-0.39, 0.29) is 0 Å². The quantitative estimate of drug-likeness (QED) is 0.776. The number of nitrogens with zero attached hydrogens (tertiary/aromatic N) is 4. The van der Waals surface area contributed by atoms with Crippen molar-refractivity contribution in [2.24, 2.45) is 5.92 Å². The number of likely N-dealkylation sites (tertiary alicyclic amines) is 4. The molecule has 0 bridgehead atoms. The van der Waals surface area contributed by atoms with Crippen LogP contribution in [0.5, 0.6) is 0 Å². The van der Waals surface area contributed by atoms with Gasteiger partial charge >= 0.3 is 0 Å². The molecule has 0 aromatic rings. The lowest BCUT2D eigenvalue weighted by atomic mass is 9.92. The maximum absolute atomic E-state index is 2.82. The summed E-state index contributed by atoms with van der Waals surface area (Å²) in [6.07, 6.45) is 5.65. The highest BCUT2D eigenvalue weighted by atomic mass is 15.3. The molecule has 0 saturated carbocycles. The predicted octanol–water partition coefficient (Wildman–Crippen LogP) is 1.18. The van der Waals surface area contributed by atoms with Crippen LogP contribution >= 0.6 is 0 Å². The first-order valence-electron chi connectivity index (χ1n) is 9.59. The second kappa shape index (κ2) is 6.39. The van der Waals surface area contributed by atoms with E-state index < -0.39 is 0 Å². The minimum atomic E-state index is 0.866. The summed E-state index contributed by atoms with van der Waals surface area (Å²) in [6, 6.07) is 2.65. The Bertz CT molecular complexity index is 323. The van der Waals surface area contributed by atoms with Crippen LogP contribution in [0.2, 0.25) is 0 Å². The number of hydrogen-bond acceptors (Lipinski definition) is 4. The first-order chi connectivity index (χ1) is 10.7. The second-order valence-electron chi connectivity index (χ2n) is 8.47. The molecule has 0 atom stereocenters. The molecule has 4 aliphatic heterocycles. The van der Waals surface area contributed by atoms with E-state index in [9.17, 15) is 0 Å². The van der Waals surface area contributed by atoms with E-state index in [1.807, 2.05) is 0 Å². The van der Waals surface area contributed by atoms with Gasteiger partial charge < -0.3 is 9.80 Å². The SMILES string of the molecule is CC1CN(C2CCN(C3CCN(C4CN(C)C4)CC3)CC2)C1. The van der Waals surface area contributed by atoms with E-state index >= 15 is 0 Å². The van der Waals surface area contributed by atoms with E-state index in [2.05, 4.69) is 33.6 Å². The summed E-state index contributed by atoms with van der Waals surface area (Å²) in [5.41, 5.74) is 0. The van der Waals surface area contributed by atoms with Gasteiger partial charge in [-0.3, -0.25) is 9.80 Å². The van der Waals surface area contributed by atoms with Crippen LogP contribution in [0.15, 0.2) is 0 Å². The molecule has 0 aromatic heterocycles. The molecule has 0 aromatic carbocycles. The lowest BCUT2D eigenvalue weighted by Gasteiger charge is -2.50. The Balaban J connectivity index is 1.18. The van der Waals surface area contributed by atoms with Gasteiger partial charge in [-0.1, -0.05) is 6.92 Å². The summed E-state index contributed by atoms with van der Waals surface area (Å²) in [4.78, 5) is 10.8. The van der Waals surface area contributed by atoms with E-state index in [4.69, 9.17) is 0 Å². The van der Waals surface area contributed by atoms with Gasteiger partial charge in [-0.2, -0.15) is 0 Å². The third kappa shape index (κ3) is 3.08. The Hall–Kier alpha value is -0.160. The van der Waals surface area contributed by atoms with Crippen molar-refractivity contribution in [1.29, 1.82) is 0 Å². The number of likely N-dealkylation sites (N-methyl/N-ethyl adjacent to an activating group) is 1. The zero-order chi connectivity index (χ0) is 15.1. The summed E-state index contributed by atoms with van der Waals surface area (Å²) in [6.45, 7) is 13.1. The van der Waals surface area contributed by atoms with Crippen LogP contribution in [0, 0.1) is 5.92 Å². The molecule has 0 aliphatic carbocycles. The maximum atomic E-state index is 2.82. The van der Waals surface area contributed by atoms with Crippen molar-refractivity contribution in [3.05, 3.63) is 0 Å². The number of hydrogen-bond donors (Lipinski definition) is 0. The molecule has 0 unspecified atom stereocenters. The Morgan fingerprint density at radius 1 is 0.591 bits per heavy atom. The molecular weight excluding hydrogens is 272 g/mol. The van der Waals surface area contributed by atoms with Crippen molar-refractivity contribution in [1.82, 2.24) is 19.6 Å². The molecule has 4 aliphatic rings. The highest BCUT2D eigenvalue weighted by Gasteiger charge is 2.36. The van der Waals surface area contributed by atoms with Crippen molar-refractivity contribution >= 4 is 0 Å². The normalized spacial score (nSPS) is 33.0. The van der Waals surface area contributed by atoms with Gasteiger partial charge in [-0.15, -0.1) is 0 Å². The van der Waals surface area contributed by atoms with Crippen LogP contribution in [0.4, 0.5) is 0 Å². The monoisotopic (exact) mass is 306 g/mol. The Labute approximate surface area is 136 Å². The first-order valence-corrected chi connectivity index (χ1v) is 9.59. The average Bonchev–Trinajstić information content (AvgIpc) is 2.49. The van der Waals surface area contributed by atoms with E-state index in [0.717, 1.165) is 24.0 Å². The zero-order valence-electron chi connectivity index (χ0n) is 14.6. The Morgan fingerprint density at radius 2 is 1.05 bits per heavy atom. The highest BCUT2D eigenvalue weighted by molar-refractivity contribution is 4.92. The Kier molecular flexibility index (Phi) is 4.46. The maximum Gasteiger partial charge on any atom is 0.0350 e. The topological polar surface area (TPSA) is 13.0 Å². The third-order valence-corrected chi connectivity index (χ3v) is 6.68. The van der Waals surface area contributed by atoms with Gasteiger partial charge in [0.15, 0.2) is 0 Å². The summed E-state index contributed by atoms with van der Waals surface area (Å²) in [7, 11) is 2.24. The van der Waals surface area contributed by atoms with Crippen LogP contribution in [-0.4, -0.2) is 97.1 Å². The van der Waals surface area contributed by atoms with Gasteiger partial charge in [0, 0.05) is 57.4 Å². The fraction of sp³-hybridized carbons (Fsp3) is 1.00. The number of rotatable bonds is 3. The molecule has 4 saturated heterocycles. The van der Waals surface area contributed by atoms with Crippen LogP contribution in [0.25, 0.3) is 0 Å². The van der Waals surface area contributed by atoms with Crippen LogP contribution in [-0.2, 0) is 0 Å². The molecule has 0 N–H and O–H groups in total. The van der Waals surface area contributed by atoms with Gasteiger partial charge in [0.05, 0.1) is 0 Å². The molecular formula is C18H34N4. The number of piperidine rings is 2. The minimum Gasteiger partial charge on any atom is -0.303 e. The van der Waals surface area contributed by atoms with Crippen LogP contribution < -0.4 is 0 Å². The first kappa shape index (κ1) is 15.4. The third-order valence-electron chi connectivity index (χ3n) is 6.68. The molecule has 0 spiro atoms. The van der Waals surface area contributed by atoms with Crippen LogP contribution in [0.3, 0.4) is 0 Å². The largest absolute Gasteiger partial charge is 0.303 e. The fourth-order valence-electron chi connectivity index (χ4n) is 5.17. The van der Waals surface area contributed by atoms with Gasteiger partial charge in [-0.25, -0.2) is 0 Å². The lowest BCUT2D eigenvalue weighted by Crippen LogP contribution is -2.61. The standard InChI is InChI=1S/C18H34N4/c1-15-11-22(12-15)17-5-7-20(8-6-17)16-3-9-21(10-4-16)18-13-19(2)14-18/h15-18H,3-14H2,1-2H3. The van der Waals surface area contributed by atoms with Gasteiger partial charge in [0.2, 0.25) is 0 Å². The molecule has 4 nitrogen and oxygen atoms in total. The molecule has 4 rings (SSSR count). The predicted molar refractivity (Wildman–Crippen MR) is 91.2 cm³/mol. The molecule has 4 heterocycles. The van der Waals surface area contributed by atoms with Gasteiger partial charge in [0.1, 0.15) is 0 Å². The van der Waals surface area contributed by atoms with Crippen molar-refractivity contribution in [2.75, 3.05) is 59.4 Å². The van der Waals surface area contributed by atoms with E-state index in [1.165, 1.54) is 78.0 Å². The van der Waals surface area contributed by atoms with Crippen LogP contribution in [0.1, 0.15) is 32.6 Å². The lowest BCUT2D eigenvalue weighted by molar-refractivity contribution is -0.00746. The Morgan fingerprint density at radius 3 is 1.50 bits per heavy atom. The molecule has 4 fully saturated rings. The van der Waals surface area contributed by atoms with E-state index in [0.29, 0.717) is 0 Å². The molecule has 126 valence electrons. The molecule has 0 radical (unpaired) electrons. The van der Waals surface area contributed by atoms with Crippen molar-refractivity contribution in [2.45, 2.75) is 50.7 Å². The smallest absolute Gasteiger partial charge is 0.0350 e. The average molecular weight is 306 g/mol. The molecule has 4 heteroatoms. The minimum absolute atomic E-state index is 0.866. The van der Waals surface area contributed by atoms with Gasteiger partial charge in [-0.05, 0) is 51.7 Å². The zero-order valence-corrected chi connectivity index (χ0v) is 14.6. The highest BCUT2D eigenvalue weighted by Crippen LogP contribution is 2.28.